The Morgan fingerprint density at radius 2 is 1.93 bits per heavy atom. The van der Waals surface area contributed by atoms with E-state index in [4.69, 9.17) is 0 Å². The number of alkyl halides is 3. The molecule has 0 heterocycles. The van der Waals surface area contributed by atoms with Gasteiger partial charge >= 0.3 is 6.18 Å². The molecule has 0 aromatic heterocycles. The Hall–Kier alpha value is -0.860. The van der Waals surface area contributed by atoms with Gasteiger partial charge in [-0.15, -0.1) is 0 Å². The highest BCUT2D eigenvalue weighted by Gasteiger charge is 2.34. The first-order valence-electron chi connectivity index (χ1n) is 3.62. The van der Waals surface area contributed by atoms with Crippen LogP contribution in [0.15, 0.2) is 12.1 Å². The zero-order chi connectivity index (χ0) is 11.6. The highest BCUT2D eigenvalue weighted by molar-refractivity contribution is 14.1. The third-order valence-corrected chi connectivity index (χ3v) is 2.72. The van der Waals surface area contributed by atoms with Crippen LogP contribution < -0.4 is 5.32 Å². The fourth-order valence-electron chi connectivity index (χ4n) is 0.964. The highest BCUT2D eigenvalue weighted by Crippen LogP contribution is 2.36. The summed E-state index contributed by atoms with van der Waals surface area (Å²) < 4.78 is 49.6. The third kappa shape index (κ3) is 2.80. The lowest BCUT2D eigenvalue weighted by Gasteiger charge is -2.12. The van der Waals surface area contributed by atoms with Crippen molar-refractivity contribution in [3.05, 3.63) is 27.1 Å². The molecule has 0 unspecified atom stereocenters. The molecular formula is C8H4F4INO. The van der Waals surface area contributed by atoms with Crippen LogP contribution in [-0.4, -0.2) is 6.41 Å². The zero-order valence-corrected chi connectivity index (χ0v) is 9.19. The van der Waals surface area contributed by atoms with Crippen LogP contribution >= 0.6 is 22.6 Å². The van der Waals surface area contributed by atoms with Crippen LogP contribution in [0.25, 0.3) is 0 Å². The average molecular weight is 333 g/mol. The number of nitrogens with one attached hydrogen (secondary N) is 1. The SMILES string of the molecule is O=CNc1cc(F)cc(C(F)(F)F)c1I. The molecule has 0 bridgehead atoms. The highest BCUT2D eigenvalue weighted by atomic mass is 127. The van der Waals surface area contributed by atoms with Crippen molar-refractivity contribution in [3.63, 3.8) is 0 Å². The molecule has 82 valence electrons. The van der Waals surface area contributed by atoms with Crippen LogP contribution in [0, 0.1) is 9.39 Å². The molecule has 0 radical (unpaired) electrons. The van der Waals surface area contributed by atoms with Gasteiger partial charge in [0.15, 0.2) is 0 Å². The topological polar surface area (TPSA) is 29.1 Å². The quantitative estimate of drug-likeness (QED) is 0.503. The minimum atomic E-state index is -4.64. The lowest BCUT2D eigenvalue weighted by atomic mass is 10.2. The second kappa shape index (κ2) is 4.33. The molecule has 2 nitrogen and oxygen atoms in total. The Labute approximate surface area is 95.8 Å². The fourth-order valence-corrected chi connectivity index (χ4v) is 1.74. The largest absolute Gasteiger partial charge is 0.417 e. The molecule has 1 aromatic rings. The minimum absolute atomic E-state index is 0.192. The van der Waals surface area contributed by atoms with Gasteiger partial charge in [-0.2, -0.15) is 13.2 Å². The molecule has 0 spiro atoms. The Balaban J connectivity index is 3.34. The Morgan fingerprint density at radius 3 is 2.40 bits per heavy atom. The predicted molar refractivity (Wildman–Crippen MR) is 53.8 cm³/mol. The number of anilines is 1. The van der Waals surface area contributed by atoms with Gasteiger partial charge in [0.1, 0.15) is 5.82 Å². The Bertz CT molecular complexity index is 391. The normalized spacial score (nSPS) is 11.3. The van der Waals surface area contributed by atoms with Crippen molar-refractivity contribution in [1.82, 2.24) is 0 Å². The standard InChI is InChI=1S/C8H4F4INO/c9-4-1-5(8(10,11)12)7(13)6(2-4)14-3-15/h1-3H,(H,14,15). The number of carbonyl (C=O) groups excluding carboxylic acids is 1. The number of rotatable bonds is 2. The van der Waals surface area contributed by atoms with E-state index in [-0.39, 0.29) is 15.7 Å². The summed E-state index contributed by atoms with van der Waals surface area (Å²) in [5.41, 5.74) is -1.30. The van der Waals surface area contributed by atoms with Crippen LogP contribution in [0.4, 0.5) is 23.2 Å². The van der Waals surface area contributed by atoms with E-state index in [1.165, 1.54) is 22.6 Å². The third-order valence-electron chi connectivity index (χ3n) is 1.56. The molecule has 1 N–H and O–H groups in total. The van der Waals surface area contributed by atoms with Crippen molar-refractivity contribution in [2.24, 2.45) is 0 Å². The first-order chi connectivity index (χ1) is 6.86. The number of benzene rings is 1. The number of hydrogen-bond donors (Lipinski definition) is 1. The maximum Gasteiger partial charge on any atom is 0.417 e. The average Bonchev–Trinajstić information content (AvgIpc) is 2.09. The van der Waals surface area contributed by atoms with E-state index in [9.17, 15) is 22.4 Å². The minimum Gasteiger partial charge on any atom is -0.328 e. The van der Waals surface area contributed by atoms with E-state index >= 15 is 0 Å². The van der Waals surface area contributed by atoms with E-state index in [1.807, 2.05) is 5.32 Å². The molecule has 15 heavy (non-hydrogen) atoms. The molecule has 0 saturated carbocycles. The summed E-state index contributed by atoms with van der Waals surface area (Å²) in [4.78, 5) is 10.1. The van der Waals surface area contributed by atoms with E-state index in [1.54, 1.807) is 0 Å². The molecule has 0 atom stereocenters. The van der Waals surface area contributed by atoms with Gasteiger partial charge in [-0.05, 0) is 34.7 Å². The van der Waals surface area contributed by atoms with E-state index in [0.717, 1.165) is 6.07 Å². The van der Waals surface area contributed by atoms with Gasteiger partial charge in [0, 0.05) is 3.57 Å². The van der Waals surface area contributed by atoms with Crippen LogP contribution in [0.2, 0.25) is 0 Å². The number of halogens is 5. The van der Waals surface area contributed by atoms with Crippen molar-refractivity contribution in [1.29, 1.82) is 0 Å². The summed E-state index contributed by atoms with van der Waals surface area (Å²) in [6.45, 7) is 0. The summed E-state index contributed by atoms with van der Waals surface area (Å²) in [5, 5.41) is 2.00. The molecular weight excluding hydrogens is 329 g/mol. The van der Waals surface area contributed by atoms with Crippen molar-refractivity contribution in [2.75, 3.05) is 5.32 Å². The molecule has 1 rings (SSSR count). The van der Waals surface area contributed by atoms with E-state index < -0.39 is 17.6 Å². The van der Waals surface area contributed by atoms with Gasteiger partial charge in [-0.3, -0.25) is 4.79 Å². The summed E-state index contributed by atoms with van der Waals surface area (Å²) in [6, 6.07) is 1.21. The van der Waals surface area contributed by atoms with Crippen molar-refractivity contribution >= 4 is 34.7 Å². The lowest BCUT2D eigenvalue weighted by Crippen LogP contribution is -2.10. The van der Waals surface area contributed by atoms with Gasteiger partial charge in [0.2, 0.25) is 6.41 Å². The molecule has 0 aliphatic rings. The van der Waals surface area contributed by atoms with Gasteiger partial charge < -0.3 is 5.32 Å². The summed E-state index contributed by atoms with van der Waals surface area (Å²) in [7, 11) is 0. The van der Waals surface area contributed by atoms with Crippen LogP contribution in [0.5, 0.6) is 0 Å². The molecule has 7 heteroatoms. The van der Waals surface area contributed by atoms with Gasteiger partial charge in [-0.25, -0.2) is 4.39 Å². The van der Waals surface area contributed by atoms with Gasteiger partial charge in [0.25, 0.3) is 0 Å². The van der Waals surface area contributed by atoms with Crippen molar-refractivity contribution in [3.8, 4) is 0 Å². The predicted octanol–water partition coefficient (Wildman–Crippen LogP) is 3.02. The van der Waals surface area contributed by atoms with E-state index in [0.29, 0.717) is 6.07 Å². The lowest BCUT2D eigenvalue weighted by molar-refractivity contribution is -0.138. The van der Waals surface area contributed by atoms with Crippen LogP contribution in [0.3, 0.4) is 0 Å². The van der Waals surface area contributed by atoms with Crippen molar-refractivity contribution < 1.29 is 22.4 Å². The smallest absolute Gasteiger partial charge is 0.328 e. The molecule has 1 amide bonds. The summed E-state index contributed by atoms with van der Waals surface area (Å²) in [6.07, 6.45) is -4.45. The molecule has 0 aliphatic heterocycles. The second-order valence-corrected chi connectivity index (χ2v) is 3.65. The van der Waals surface area contributed by atoms with Gasteiger partial charge in [0.05, 0.1) is 11.3 Å². The summed E-state index contributed by atoms with van der Waals surface area (Å²) in [5.74, 6) is -1.05. The molecule has 1 aromatic carbocycles. The monoisotopic (exact) mass is 333 g/mol. The summed E-state index contributed by atoms with van der Waals surface area (Å²) >= 11 is 1.40. The number of carbonyl (C=O) groups is 1. The van der Waals surface area contributed by atoms with Gasteiger partial charge in [-0.1, -0.05) is 0 Å². The fraction of sp³-hybridized carbons (Fsp3) is 0.125. The van der Waals surface area contributed by atoms with Crippen molar-refractivity contribution in [2.45, 2.75) is 6.18 Å². The zero-order valence-electron chi connectivity index (χ0n) is 7.03. The Morgan fingerprint density at radius 1 is 1.33 bits per heavy atom. The second-order valence-electron chi connectivity index (χ2n) is 2.57. The van der Waals surface area contributed by atoms with Crippen LogP contribution in [-0.2, 0) is 11.0 Å². The molecule has 0 saturated heterocycles. The number of amides is 1. The first kappa shape index (κ1) is 12.2. The maximum atomic E-state index is 12.8. The number of hydrogen-bond acceptors (Lipinski definition) is 1. The van der Waals surface area contributed by atoms with E-state index in [2.05, 4.69) is 0 Å². The Kier molecular flexibility index (Phi) is 3.53. The maximum absolute atomic E-state index is 12.8. The molecule has 0 aliphatic carbocycles. The van der Waals surface area contributed by atoms with Crippen LogP contribution in [0.1, 0.15) is 5.56 Å². The molecule has 0 fully saturated rings. The first-order valence-corrected chi connectivity index (χ1v) is 4.70.